The topological polar surface area (TPSA) is 128 Å². The second kappa shape index (κ2) is 15.9. The number of carboxylic acid groups (broad SMARTS) is 2. The van der Waals surface area contributed by atoms with Crippen molar-refractivity contribution in [1.29, 1.82) is 0 Å². The van der Waals surface area contributed by atoms with E-state index in [9.17, 15) is 19.8 Å². The van der Waals surface area contributed by atoms with Gasteiger partial charge in [0.2, 0.25) is 0 Å². The van der Waals surface area contributed by atoms with Crippen molar-refractivity contribution in [1.82, 2.24) is 19.6 Å². The summed E-state index contributed by atoms with van der Waals surface area (Å²) in [5.41, 5.74) is 0. The number of aliphatic hydroxyl groups excluding tert-OH is 2. The van der Waals surface area contributed by atoms with Gasteiger partial charge in [0, 0.05) is 84.3 Å². The number of aliphatic carboxylic acids is 2. The van der Waals surface area contributed by atoms with E-state index >= 15 is 0 Å². The van der Waals surface area contributed by atoms with Crippen LogP contribution in [0.1, 0.15) is 52.4 Å². The second-order valence-corrected chi connectivity index (χ2v) is 8.25. The van der Waals surface area contributed by atoms with Crippen LogP contribution in [-0.4, -0.2) is 104 Å². The van der Waals surface area contributed by atoms with Crippen LogP contribution in [0.3, 0.4) is 0 Å². The number of carboxylic acids is 2. The number of hydrogen-bond acceptors (Lipinski definition) is 8. The average Bonchev–Trinajstić information content (AvgIpc) is 3.27. The Labute approximate surface area is 209 Å². The quantitative estimate of drug-likeness (QED) is 0.279. The first-order valence-corrected chi connectivity index (χ1v) is 11.3. The van der Waals surface area contributed by atoms with E-state index in [-0.39, 0.29) is 44.7 Å². The molecule has 4 unspecified atom stereocenters. The van der Waals surface area contributed by atoms with E-state index in [1.807, 2.05) is 48.7 Å². The summed E-state index contributed by atoms with van der Waals surface area (Å²) in [5, 5.41) is 36.1. The summed E-state index contributed by atoms with van der Waals surface area (Å²) in [4.78, 5) is 29.2. The van der Waals surface area contributed by atoms with Crippen molar-refractivity contribution in [2.24, 2.45) is 0 Å². The van der Waals surface area contributed by atoms with Gasteiger partial charge in [-0.15, -0.1) is 0 Å². The van der Waals surface area contributed by atoms with E-state index in [0.29, 0.717) is 0 Å². The third-order valence-electron chi connectivity index (χ3n) is 5.67. The SMILES string of the molecule is CCCCN1C=CN(C)C1CC(O)C(=O)O.CCCCN1C=CN(C)C1CC(O)C(=O)O.[Zn]. The van der Waals surface area contributed by atoms with Gasteiger partial charge < -0.3 is 40.0 Å². The van der Waals surface area contributed by atoms with Crippen LogP contribution in [0.2, 0.25) is 0 Å². The summed E-state index contributed by atoms with van der Waals surface area (Å²) in [6.45, 7) is 6.03. The van der Waals surface area contributed by atoms with E-state index in [4.69, 9.17) is 10.2 Å². The molecule has 0 aromatic heterocycles. The molecular formula is C22H40N4O6Zn. The van der Waals surface area contributed by atoms with Gasteiger partial charge in [-0.2, -0.15) is 0 Å². The summed E-state index contributed by atoms with van der Waals surface area (Å²) in [6, 6.07) is 0. The van der Waals surface area contributed by atoms with Crippen molar-refractivity contribution in [2.75, 3.05) is 27.2 Å². The maximum Gasteiger partial charge on any atom is 0.332 e. The molecule has 186 valence electrons. The van der Waals surface area contributed by atoms with Crippen LogP contribution in [0.4, 0.5) is 0 Å². The Hall–Kier alpha value is -1.84. The molecule has 2 rings (SSSR count). The molecule has 0 saturated carbocycles. The number of hydrogen-bond donors (Lipinski definition) is 4. The third-order valence-corrected chi connectivity index (χ3v) is 5.67. The molecule has 2 aliphatic rings. The number of unbranched alkanes of at least 4 members (excludes halogenated alkanes) is 2. The molecule has 0 aromatic carbocycles. The predicted molar refractivity (Wildman–Crippen MR) is 121 cm³/mol. The molecule has 0 fully saturated rings. The summed E-state index contributed by atoms with van der Waals surface area (Å²) in [6.07, 6.45) is 9.84. The molecule has 4 N–H and O–H groups in total. The predicted octanol–water partition coefficient (Wildman–Crippen LogP) is 1.33. The van der Waals surface area contributed by atoms with Gasteiger partial charge in [0.25, 0.3) is 0 Å². The van der Waals surface area contributed by atoms with Gasteiger partial charge in [0.15, 0.2) is 12.2 Å². The van der Waals surface area contributed by atoms with Crippen LogP contribution >= 0.6 is 0 Å². The van der Waals surface area contributed by atoms with Gasteiger partial charge in [-0.25, -0.2) is 9.59 Å². The molecule has 0 spiro atoms. The van der Waals surface area contributed by atoms with Crippen LogP contribution in [0, 0.1) is 0 Å². The Balaban J connectivity index is 0.000000602. The van der Waals surface area contributed by atoms with Crippen LogP contribution < -0.4 is 0 Å². The zero-order valence-corrected chi connectivity index (χ0v) is 23.3. The van der Waals surface area contributed by atoms with Gasteiger partial charge in [-0.05, 0) is 12.8 Å². The molecule has 10 nitrogen and oxygen atoms in total. The normalized spacial score (nSPS) is 20.9. The Morgan fingerprint density at radius 3 is 1.36 bits per heavy atom. The number of nitrogens with zero attached hydrogens (tertiary/aromatic N) is 4. The van der Waals surface area contributed by atoms with Gasteiger partial charge >= 0.3 is 11.9 Å². The molecule has 0 amide bonds. The minimum Gasteiger partial charge on any atom is -0.479 e. The van der Waals surface area contributed by atoms with Crippen molar-refractivity contribution in [3.63, 3.8) is 0 Å². The summed E-state index contributed by atoms with van der Waals surface area (Å²) in [7, 11) is 3.78. The molecule has 0 aliphatic carbocycles. The minimum absolute atomic E-state index is 0. The maximum absolute atomic E-state index is 10.6. The summed E-state index contributed by atoms with van der Waals surface area (Å²) >= 11 is 0. The molecular weight excluding hydrogens is 482 g/mol. The van der Waals surface area contributed by atoms with E-state index in [1.54, 1.807) is 0 Å². The first-order chi connectivity index (χ1) is 15.1. The molecule has 2 aliphatic heterocycles. The Morgan fingerprint density at radius 1 is 0.758 bits per heavy atom. The van der Waals surface area contributed by atoms with Crippen molar-refractivity contribution in [3.05, 3.63) is 24.8 Å². The standard InChI is InChI=1S/2C11H20N2O3.Zn/c2*1-3-4-5-13-7-6-12(2)10(13)8-9(14)11(15)16;/h2*6-7,9-10,14H,3-5,8H2,1-2H3,(H,15,16);. The zero-order valence-electron chi connectivity index (χ0n) is 20.4. The van der Waals surface area contributed by atoms with E-state index in [1.165, 1.54) is 0 Å². The van der Waals surface area contributed by atoms with Gasteiger partial charge in [-0.1, -0.05) is 26.7 Å². The Bertz CT molecular complexity index is 596. The zero-order chi connectivity index (χ0) is 24.3. The van der Waals surface area contributed by atoms with Crippen LogP contribution in [0.25, 0.3) is 0 Å². The average molecular weight is 522 g/mol. The third kappa shape index (κ3) is 10.3. The van der Waals surface area contributed by atoms with Crippen molar-refractivity contribution >= 4 is 11.9 Å². The largest absolute Gasteiger partial charge is 0.479 e. The molecule has 0 aromatic rings. The summed E-state index contributed by atoms with van der Waals surface area (Å²) < 4.78 is 0. The molecule has 2 heterocycles. The van der Waals surface area contributed by atoms with Crippen molar-refractivity contribution in [3.8, 4) is 0 Å². The minimum atomic E-state index is -1.29. The van der Waals surface area contributed by atoms with Crippen molar-refractivity contribution < 1.29 is 49.5 Å². The summed E-state index contributed by atoms with van der Waals surface area (Å²) in [5.74, 6) is -2.31. The van der Waals surface area contributed by atoms with Gasteiger partial charge in [0.1, 0.15) is 12.3 Å². The molecule has 11 heteroatoms. The second-order valence-electron chi connectivity index (χ2n) is 8.25. The Morgan fingerprint density at radius 2 is 1.09 bits per heavy atom. The number of rotatable bonds is 12. The van der Waals surface area contributed by atoms with E-state index in [2.05, 4.69) is 23.6 Å². The Kier molecular flexibility index (Phi) is 15.0. The van der Waals surface area contributed by atoms with Gasteiger partial charge in [-0.3, -0.25) is 0 Å². The van der Waals surface area contributed by atoms with E-state index in [0.717, 1.165) is 38.8 Å². The van der Waals surface area contributed by atoms with Crippen LogP contribution in [-0.2, 0) is 29.1 Å². The van der Waals surface area contributed by atoms with E-state index < -0.39 is 24.1 Å². The first kappa shape index (κ1) is 31.2. The molecule has 4 atom stereocenters. The fraction of sp³-hybridized carbons (Fsp3) is 0.727. The van der Waals surface area contributed by atoms with Gasteiger partial charge in [0.05, 0.1) is 0 Å². The monoisotopic (exact) mass is 520 g/mol. The molecule has 0 radical (unpaired) electrons. The molecule has 0 saturated heterocycles. The number of aliphatic hydroxyl groups is 2. The van der Waals surface area contributed by atoms with Crippen LogP contribution in [0.15, 0.2) is 24.8 Å². The smallest absolute Gasteiger partial charge is 0.332 e. The first-order valence-electron chi connectivity index (χ1n) is 11.3. The molecule has 0 bridgehead atoms. The molecule has 33 heavy (non-hydrogen) atoms. The fourth-order valence-corrected chi connectivity index (χ4v) is 3.58. The van der Waals surface area contributed by atoms with Crippen LogP contribution in [0.5, 0.6) is 0 Å². The number of carbonyl (C=O) groups is 2. The fourth-order valence-electron chi connectivity index (χ4n) is 3.58. The maximum atomic E-state index is 10.6. The van der Waals surface area contributed by atoms with Crippen molar-refractivity contribution in [2.45, 2.75) is 76.9 Å².